The highest BCUT2D eigenvalue weighted by Gasteiger charge is 2.26. The first-order chi connectivity index (χ1) is 11.0. The van der Waals surface area contributed by atoms with Gasteiger partial charge in [0.25, 0.3) is 0 Å². The number of ether oxygens (including phenoxy) is 1. The van der Waals surface area contributed by atoms with Crippen LogP contribution < -0.4 is 5.36 Å². The molecule has 116 valence electrons. The lowest BCUT2D eigenvalue weighted by Gasteiger charge is -2.12. The van der Waals surface area contributed by atoms with Crippen molar-refractivity contribution in [2.45, 2.75) is 19.4 Å². The molecule has 1 aromatic carbocycles. The fraction of sp³-hybridized carbons (Fsp3) is 0.250. The minimum atomic E-state index is -0.569. The van der Waals surface area contributed by atoms with E-state index in [1.54, 1.807) is 16.7 Å². The molecule has 4 rings (SSSR count). The Balaban J connectivity index is 2.23. The maximum Gasteiger partial charge on any atom is 0.356 e. The van der Waals surface area contributed by atoms with Crippen molar-refractivity contribution in [3.63, 3.8) is 0 Å². The molecule has 1 atom stereocenters. The molecule has 3 heterocycles. The van der Waals surface area contributed by atoms with Crippen molar-refractivity contribution >= 4 is 33.7 Å². The van der Waals surface area contributed by atoms with Gasteiger partial charge in [-0.1, -0.05) is 0 Å². The third kappa shape index (κ3) is 1.76. The van der Waals surface area contributed by atoms with Crippen molar-refractivity contribution in [3.8, 4) is 5.88 Å². The number of carbonyl (C=O) groups is 2. The number of amides is 1. The summed E-state index contributed by atoms with van der Waals surface area (Å²) < 4.78 is 6.40. The van der Waals surface area contributed by atoms with Crippen LogP contribution in [-0.4, -0.2) is 33.6 Å². The van der Waals surface area contributed by atoms with Gasteiger partial charge in [-0.3, -0.25) is 4.79 Å². The molecule has 0 bridgehead atoms. The third-order valence-corrected chi connectivity index (χ3v) is 4.19. The van der Waals surface area contributed by atoms with Gasteiger partial charge >= 0.3 is 5.97 Å². The van der Waals surface area contributed by atoms with Crippen LogP contribution in [-0.2, 0) is 9.53 Å². The zero-order valence-corrected chi connectivity index (χ0v) is 12.5. The van der Waals surface area contributed by atoms with Crippen LogP contribution in [0.15, 0.2) is 23.2 Å². The Hall–Kier alpha value is -2.96. The molecule has 3 aromatic rings. The second kappa shape index (κ2) is 4.52. The summed E-state index contributed by atoms with van der Waals surface area (Å²) in [7, 11) is 1.28. The molecule has 1 N–H and O–H groups in total. The van der Waals surface area contributed by atoms with Crippen LogP contribution in [0.4, 0.5) is 0 Å². The molecule has 23 heavy (non-hydrogen) atoms. The Bertz CT molecular complexity index is 1050. The normalized spacial score (nSPS) is 17.3. The first-order valence-electron chi connectivity index (χ1n) is 7.17. The molecule has 0 saturated heterocycles. The van der Waals surface area contributed by atoms with Crippen LogP contribution in [0.5, 0.6) is 5.88 Å². The first kappa shape index (κ1) is 13.7. The Kier molecular flexibility index (Phi) is 2.69. The highest BCUT2D eigenvalue weighted by atomic mass is 16.5. The summed E-state index contributed by atoms with van der Waals surface area (Å²) in [6, 6.07) is 4.63. The largest absolute Gasteiger partial charge is 0.494 e. The molecule has 1 amide bonds. The van der Waals surface area contributed by atoms with Gasteiger partial charge in [0.15, 0.2) is 5.88 Å². The zero-order chi connectivity index (χ0) is 16.3. The Labute approximate surface area is 130 Å². The van der Waals surface area contributed by atoms with Gasteiger partial charge in [-0.05, 0) is 25.1 Å². The smallest absolute Gasteiger partial charge is 0.356 e. The maximum absolute atomic E-state index is 11.9. The van der Waals surface area contributed by atoms with E-state index in [0.29, 0.717) is 27.2 Å². The molecule has 2 aromatic heterocycles. The predicted octanol–water partition coefficient (Wildman–Crippen LogP) is 1.51. The second-order valence-electron chi connectivity index (χ2n) is 5.63. The Morgan fingerprint density at radius 3 is 2.96 bits per heavy atom. The average molecular weight is 311 g/mol. The average Bonchev–Trinajstić information content (AvgIpc) is 2.75. The van der Waals surface area contributed by atoms with Gasteiger partial charge in [0.05, 0.1) is 23.5 Å². The molecule has 0 spiro atoms. The molecular formula is C16H13N3O4. The molecule has 7 nitrogen and oxygen atoms in total. The number of aromatic hydroxyl groups is 1. The van der Waals surface area contributed by atoms with Gasteiger partial charge in [-0.25, -0.2) is 14.8 Å². The highest BCUT2D eigenvalue weighted by molar-refractivity contribution is 6.13. The van der Waals surface area contributed by atoms with E-state index < -0.39 is 5.97 Å². The third-order valence-electron chi connectivity index (χ3n) is 4.19. The van der Waals surface area contributed by atoms with Crippen molar-refractivity contribution in [2.75, 3.05) is 7.11 Å². The van der Waals surface area contributed by atoms with Gasteiger partial charge in [0, 0.05) is 23.2 Å². The monoisotopic (exact) mass is 311 g/mol. The lowest BCUT2D eigenvalue weighted by molar-refractivity contribution is -0.118. The Morgan fingerprint density at radius 1 is 1.43 bits per heavy atom. The van der Waals surface area contributed by atoms with Crippen molar-refractivity contribution < 1.29 is 19.4 Å². The highest BCUT2D eigenvalue weighted by Crippen LogP contribution is 2.38. The fourth-order valence-corrected chi connectivity index (χ4v) is 3.21. The van der Waals surface area contributed by atoms with Gasteiger partial charge in [0.2, 0.25) is 5.91 Å². The van der Waals surface area contributed by atoms with Crippen LogP contribution in [0, 0.1) is 0 Å². The summed E-state index contributed by atoms with van der Waals surface area (Å²) in [6.07, 6.45) is 0.200. The lowest BCUT2D eigenvalue weighted by atomic mass is 10.1. The minimum Gasteiger partial charge on any atom is -0.494 e. The minimum absolute atomic E-state index is 0.00223. The van der Waals surface area contributed by atoms with Gasteiger partial charge in [-0.2, -0.15) is 0 Å². The van der Waals surface area contributed by atoms with Crippen LogP contribution in [0.1, 0.15) is 29.9 Å². The van der Waals surface area contributed by atoms with E-state index >= 15 is 0 Å². The summed E-state index contributed by atoms with van der Waals surface area (Å²) in [6.45, 7) is 1.85. The van der Waals surface area contributed by atoms with Crippen molar-refractivity contribution in [1.82, 2.24) is 9.55 Å². The topological polar surface area (TPSA) is 93.8 Å². The summed E-state index contributed by atoms with van der Waals surface area (Å²) in [5.74, 6) is -0.793. The SMILES string of the molecule is COC(=O)c1cc2c(O)n3c4c(ccc(n1)c24)=NC(=O)CC3C. The van der Waals surface area contributed by atoms with E-state index in [1.165, 1.54) is 13.2 Å². The van der Waals surface area contributed by atoms with Crippen LogP contribution >= 0.6 is 0 Å². The number of aromatic nitrogens is 2. The summed E-state index contributed by atoms with van der Waals surface area (Å²) in [5, 5.41) is 12.4. The number of hydrogen-bond donors (Lipinski definition) is 1. The molecule has 7 heteroatoms. The number of pyridine rings is 1. The number of hydrogen-bond acceptors (Lipinski definition) is 5. The Morgan fingerprint density at radius 2 is 2.22 bits per heavy atom. The number of carbonyl (C=O) groups excluding carboxylic acids is 2. The van der Waals surface area contributed by atoms with E-state index in [4.69, 9.17) is 4.74 Å². The van der Waals surface area contributed by atoms with Crippen LogP contribution in [0.2, 0.25) is 0 Å². The van der Waals surface area contributed by atoms with Gasteiger partial charge in [0.1, 0.15) is 5.69 Å². The number of esters is 1. The van der Waals surface area contributed by atoms with Gasteiger partial charge < -0.3 is 14.4 Å². The number of rotatable bonds is 1. The van der Waals surface area contributed by atoms with E-state index in [2.05, 4.69) is 9.98 Å². The number of benzene rings is 1. The lowest BCUT2D eigenvalue weighted by Crippen LogP contribution is -2.09. The van der Waals surface area contributed by atoms with Crippen LogP contribution in [0.25, 0.3) is 21.8 Å². The number of nitrogens with zero attached hydrogens (tertiary/aromatic N) is 3. The molecule has 0 fully saturated rings. The summed E-state index contributed by atoms with van der Waals surface area (Å²) in [4.78, 5) is 32.1. The van der Waals surface area contributed by atoms with Crippen molar-refractivity contribution in [3.05, 3.63) is 29.3 Å². The molecule has 0 aliphatic carbocycles. The maximum atomic E-state index is 11.9. The molecule has 0 radical (unpaired) electrons. The summed E-state index contributed by atoms with van der Waals surface area (Å²) in [5.41, 5.74) is 1.34. The number of methoxy groups -OCH3 is 1. The second-order valence-corrected chi connectivity index (χ2v) is 5.63. The molecule has 1 aliphatic heterocycles. The molecule has 1 unspecified atom stereocenters. The predicted molar refractivity (Wildman–Crippen MR) is 81.3 cm³/mol. The van der Waals surface area contributed by atoms with Crippen molar-refractivity contribution in [2.24, 2.45) is 4.99 Å². The van der Waals surface area contributed by atoms with E-state index in [9.17, 15) is 14.7 Å². The van der Waals surface area contributed by atoms with E-state index in [0.717, 1.165) is 0 Å². The molecule has 0 saturated carbocycles. The fourth-order valence-electron chi connectivity index (χ4n) is 3.21. The van der Waals surface area contributed by atoms with E-state index in [-0.39, 0.29) is 29.9 Å². The van der Waals surface area contributed by atoms with Crippen molar-refractivity contribution in [1.29, 1.82) is 0 Å². The summed E-state index contributed by atoms with van der Waals surface area (Å²) >= 11 is 0. The first-order valence-corrected chi connectivity index (χ1v) is 7.17. The quantitative estimate of drug-likeness (QED) is 0.688. The van der Waals surface area contributed by atoms with Gasteiger partial charge in [-0.15, -0.1) is 0 Å². The zero-order valence-electron chi connectivity index (χ0n) is 12.5. The van der Waals surface area contributed by atoms with E-state index in [1.807, 2.05) is 6.92 Å². The standard InChI is InChI=1S/C16H13N3O4/c1-7-5-12(20)18-10-4-3-9-13-8(15(21)19(7)14(10)13)6-11(17-9)16(22)23-2/h3-4,6-7,21H,5H2,1-2H3. The molecule has 1 aliphatic rings. The van der Waals surface area contributed by atoms with Crippen LogP contribution in [0.3, 0.4) is 0 Å². The molecular weight excluding hydrogens is 298 g/mol.